The molecule has 0 bridgehead atoms. The number of nitrogens with one attached hydrogen (secondary N) is 1. The van der Waals surface area contributed by atoms with Crippen LogP contribution in [0.3, 0.4) is 0 Å². The molecule has 0 radical (unpaired) electrons. The van der Waals surface area contributed by atoms with Gasteiger partial charge in [-0.05, 0) is 0 Å². The molecule has 0 aromatic heterocycles. The van der Waals surface area contributed by atoms with Crippen molar-refractivity contribution in [3.05, 3.63) is 0 Å². The van der Waals surface area contributed by atoms with Crippen LogP contribution in [0.5, 0.6) is 0 Å². The third-order valence-electron chi connectivity index (χ3n) is 3.34. The molecule has 19 heteroatoms. The van der Waals surface area contributed by atoms with Crippen molar-refractivity contribution in [3.8, 4) is 0 Å². The zero-order valence-corrected chi connectivity index (χ0v) is 14.6. The summed E-state index contributed by atoms with van der Waals surface area (Å²) in [6, 6.07) is 0. The minimum atomic E-state index is -8.07. The number of carbonyl (C=O) groups is 1. The summed E-state index contributed by atoms with van der Waals surface area (Å²) < 4.78 is 191. The number of halogens is 13. The highest BCUT2D eigenvalue weighted by Gasteiger charge is 2.90. The van der Waals surface area contributed by atoms with E-state index in [0.717, 1.165) is 0 Å². The molecule has 0 amide bonds. The summed E-state index contributed by atoms with van der Waals surface area (Å²) in [5.41, 5.74) is 0. The van der Waals surface area contributed by atoms with Crippen LogP contribution in [0.1, 0.15) is 12.8 Å². The van der Waals surface area contributed by atoms with E-state index in [9.17, 15) is 70.3 Å². The van der Waals surface area contributed by atoms with E-state index < -0.39 is 76.9 Å². The van der Waals surface area contributed by atoms with E-state index in [2.05, 4.69) is 0 Å². The number of sulfonamides is 1. The lowest BCUT2D eigenvalue weighted by molar-refractivity contribution is -0.439. The number of hydrogen-bond donors (Lipinski definition) is 2. The van der Waals surface area contributed by atoms with Crippen molar-refractivity contribution < 1.29 is 75.4 Å². The summed E-state index contributed by atoms with van der Waals surface area (Å²) in [4.78, 5) is 10.1. The van der Waals surface area contributed by atoms with Gasteiger partial charge >= 0.3 is 41.8 Å². The van der Waals surface area contributed by atoms with Gasteiger partial charge in [0.25, 0.3) is 0 Å². The van der Waals surface area contributed by atoms with Gasteiger partial charge in [-0.15, -0.1) is 0 Å². The smallest absolute Gasteiger partial charge is 0.460 e. The van der Waals surface area contributed by atoms with Crippen LogP contribution >= 0.6 is 0 Å². The zero-order valence-electron chi connectivity index (χ0n) is 13.8. The molecule has 30 heavy (non-hydrogen) atoms. The van der Waals surface area contributed by atoms with Crippen LogP contribution in [0.25, 0.3) is 0 Å². The van der Waals surface area contributed by atoms with Crippen LogP contribution in [-0.4, -0.2) is 67.6 Å². The van der Waals surface area contributed by atoms with Gasteiger partial charge in [0.2, 0.25) is 10.0 Å². The number of alkyl halides is 13. The first kappa shape index (κ1) is 28.5. The Bertz CT molecular complexity index is 732. The lowest BCUT2D eigenvalue weighted by atomic mass is 9.93. The second kappa shape index (κ2) is 8.19. The summed E-state index contributed by atoms with van der Waals surface area (Å²) in [5.74, 6) is -41.9. The van der Waals surface area contributed by atoms with Crippen molar-refractivity contribution in [2.45, 2.75) is 48.6 Å². The summed E-state index contributed by atoms with van der Waals surface area (Å²) in [5, 5.41) is 8.22. The zero-order chi connectivity index (χ0) is 24.6. The quantitative estimate of drug-likeness (QED) is 0.427. The van der Waals surface area contributed by atoms with E-state index in [1.54, 1.807) is 0 Å². The van der Waals surface area contributed by atoms with Crippen LogP contribution < -0.4 is 4.72 Å². The molecule has 0 aliphatic heterocycles. The topological polar surface area (TPSA) is 83.5 Å². The van der Waals surface area contributed by atoms with Crippen LogP contribution in [0, 0.1) is 0 Å². The fourth-order valence-corrected chi connectivity index (χ4v) is 2.69. The number of rotatable bonds is 11. The normalized spacial score (nSPS) is 15.4. The molecule has 0 heterocycles. The predicted molar refractivity (Wildman–Crippen MR) is 69.4 cm³/mol. The van der Waals surface area contributed by atoms with Crippen molar-refractivity contribution in [2.24, 2.45) is 0 Å². The van der Waals surface area contributed by atoms with Gasteiger partial charge in [0.15, 0.2) is 0 Å². The minimum Gasteiger partial charge on any atom is -0.481 e. The van der Waals surface area contributed by atoms with E-state index in [1.807, 2.05) is 0 Å². The van der Waals surface area contributed by atoms with Gasteiger partial charge in [-0.2, -0.15) is 57.1 Å². The minimum absolute atomic E-state index is 0.956. The lowest BCUT2D eigenvalue weighted by Crippen LogP contribution is -2.70. The molecule has 2 N–H and O–H groups in total. The molecule has 0 aromatic rings. The molecular weight excluding hydrogens is 489 g/mol. The van der Waals surface area contributed by atoms with Crippen LogP contribution in [0.4, 0.5) is 57.1 Å². The Morgan fingerprint density at radius 2 is 1.13 bits per heavy atom. The number of carboxylic acid groups (broad SMARTS) is 1. The number of carboxylic acids is 1. The second-order valence-electron chi connectivity index (χ2n) is 5.61. The van der Waals surface area contributed by atoms with Gasteiger partial charge in [-0.25, -0.2) is 13.1 Å². The first-order valence-electron chi connectivity index (χ1n) is 7.02. The van der Waals surface area contributed by atoms with Crippen molar-refractivity contribution in [2.75, 3.05) is 12.3 Å². The third-order valence-corrected chi connectivity index (χ3v) is 4.73. The first-order valence-corrected chi connectivity index (χ1v) is 8.67. The summed E-state index contributed by atoms with van der Waals surface area (Å²) in [7, 11) is -5.09. The molecule has 0 aromatic carbocycles. The van der Waals surface area contributed by atoms with Gasteiger partial charge in [-0.1, -0.05) is 0 Å². The number of aliphatic carboxylic acids is 1. The third kappa shape index (κ3) is 5.20. The van der Waals surface area contributed by atoms with Crippen molar-refractivity contribution in [1.82, 2.24) is 4.72 Å². The summed E-state index contributed by atoms with van der Waals surface area (Å²) >= 11 is 0. The van der Waals surface area contributed by atoms with Gasteiger partial charge in [0.1, 0.15) is 0 Å². The van der Waals surface area contributed by atoms with Gasteiger partial charge in [-0.3, -0.25) is 4.79 Å². The van der Waals surface area contributed by atoms with E-state index in [-0.39, 0.29) is 0 Å². The predicted octanol–water partition coefficient (Wildman–Crippen LogP) is 3.51. The monoisotopic (exact) mass is 499 g/mol. The standard InChI is InChI=1S/C11H10F13NO4S/c12-6(13,2-4-30(28,29)25-3-1-5(26)27)7(14,15)8(16,17)9(18,19)10(20,21)11(22,23)24/h25H,1-4H2,(H,26,27). The molecule has 5 nitrogen and oxygen atoms in total. The van der Waals surface area contributed by atoms with Gasteiger partial charge in [0, 0.05) is 13.0 Å². The van der Waals surface area contributed by atoms with Crippen LogP contribution in [-0.2, 0) is 14.8 Å². The van der Waals surface area contributed by atoms with E-state index in [1.165, 1.54) is 4.72 Å². The summed E-state index contributed by atoms with van der Waals surface area (Å²) in [6.07, 6.45) is -11.4. The fraction of sp³-hybridized carbons (Fsp3) is 0.909. The summed E-state index contributed by atoms with van der Waals surface area (Å²) in [6.45, 7) is -0.994. The highest BCUT2D eigenvalue weighted by molar-refractivity contribution is 7.89. The molecule has 0 atom stereocenters. The van der Waals surface area contributed by atoms with Crippen LogP contribution in [0.15, 0.2) is 0 Å². The highest BCUT2D eigenvalue weighted by Crippen LogP contribution is 2.60. The Kier molecular flexibility index (Phi) is 7.77. The largest absolute Gasteiger partial charge is 0.481 e. The molecule has 0 spiro atoms. The average molecular weight is 499 g/mol. The Morgan fingerprint density at radius 3 is 1.50 bits per heavy atom. The molecule has 180 valence electrons. The number of hydrogen-bond acceptors (Lipinski definition) is 3. The molecule has 0 saturated heterocycles. The highest BCUT2D eigenvalue weighted by atomic mass is 32.2. The Hall–Kier alpha value is -1.53. The molecule has 0 unspecified atom stereocenters. The SMILES string of the molecule is O=C(O)CCNS(=O)(=O)CCC(F)(F)C(F)(F)C(F)(F)C(F)(F)C(F)(F)C(F)(F)F. The average Bonchev–Trinajstić information content (AvgIpc) is 2.50. The molecule has 0 fully saturated rings. The van der Waals surface area contributed by atoms with Gasteiger partial charge < -0.3 is 5.11 Å². The van der Waals surface area contributed by atoms with Crippen molar-refractivity contribution >= 4 is 16.0 Å². The Morgan fingerprint density at radius 1 is 0.733 bits per heavy atom. The van der Waals surface area contributed by atoms with Gasteiger partial charge in [0.05, 0.1) is 12.2 Å². The van der Waals surface area contributed by atoms with Crippen LogP contribution in [0.2, 0.25) is 0 Å². The molecule has 0 saturated carbocycles. The van der Waals surface area contributed by atoms with E-state index in [0.29, 0.717) is 0 Å². The lowest BCUT2D eigenvalue weighted by Gasteiger charge is -2.39. The molecular formula is C11H10F13NO4S. The Balaban J connectivity index is 5.78. The maximum Gasteiger partial charge on any atom is 0.460 e. The van der Waals surface area contributed by atoms with E-state index >= 15 is 0 Å². The molecule has 0 rings (SSSR count). The maximum absolute atomic E-state index is 13.4. The Labute approximate surface area is 158 Å². The van der Waals surface area contributed by atoms with Crippen molar-refractivity contribution in [1.29, 1.82) is 0 Å². The first-order chi connectivity index (χ1) is 12.9. The van der Waals surface area contributed by atoms with E-state index in [4.69, 9.17) is 5.11 Å². The van der Waals surface area contributed by atoms with Crippen molar-refractivity contribution in [3.63, 3.8) is 0 Å². The fourth-order valence-electron chi connectivity index (χ4n) is 1.61. The molecule has 0 aliphatic carbocycles. The second-order valence-corrected chi connectivity index (χ2v) is 7.53. The maximum atomic E-state index is 13.4. The molecule has 0 aliphatic rings.